The molecule has 0 saturated carbocycles. The molecule has 10 nitrogen and oxygen atoms in total. The molecule has 0 bridgehead atoms. The first kappa shape index (κ1) is 30.2. The molecule has 0 unspecified atom stereocenters. The third-order valence-electron chi connectivity index (χ3n) is 5.33. The van der Waals surface area contributed by atoms with Gasteiger partial charge in [0.25, 0.3) is 0 Å². The number of carbonyl (C=O) groups is 2. The van der Waals surface area contributed by atoms with Crippen LogP contribution >= 0.6 is 50.5 Å². The molecule has 1 amide bonds. The lowest BCUT2D eigenvalue weighted by molar-refractivity contribution is -0.106. The molecule has 38 heavy (non-hydrogen) atoms. The molecule has 3 aromatic heterocycles. The molecule has 2 saturated heterocycles. The number of aromatic nitrogens is 3. The molecule has 0 atom stereocenters. The molecular weight excluding hydrogens is 619 g/mol. The molecule has 5 rings (SSSR count). The van der Waals surface area contributed by atoms with Crippen molar-refractivity contribution < 1.29 is 19.1 Å². The van der Waals surface area contributed by atoms with Crippen LogP contribution in [0.1, 0.15) is 10.5 Å². The number of hydrogen-bond donors (Lipinski definition) is 1. The summed E-state index contributed by atoms with van der Waals surface area (Å²) >= 11 is 16.9. The number of amides is 1. The minimum atomic E-state index is -0.0676. The van der Waals surface area contributed by atoms with Crippen molar-refractivity contribution in [1.82, 2.24) is 15.0 Å². The van der Waals surface area contributed by atoms with Gasteiger partial charge in [-0.3, -0.25) is 9.59 Å². The number of halogens is 3. The number of rotatable bonds is 5. The van der Waals surface area contributed by atoms with Crippen LogP contribution in [0.15, 0.2) is 35.2 Å². The van der Waals surface area contributed by atoms with Gasteiger partial charge in [-0.05, 0) is 24.3 Å². The van der Waals surface area contributed by atoms with Crippen LogP contribution in [0.3, 0.4) is 0 Å². The summed E-state index contributed by atoms with van der Waals surface area (Å²) in [5, 5.41) is 3.45. The van der Waals surface area contributed by atoms with Crippen LogP contribution in [0.5, 0.6) is 0 Å². The van der Waals surface area contributed by atoms with Gasteiger partial charge in [-0.2, -0.15) is 0 Å². The summed E-state index contributed by atoms with van der Waals surface area (Å²) in [7, 11) is 0. The van der Waals surface area contributed by atoms with E-state index in [-0.39, 0.29) is 17.5 Å². The number of morpholine rings is 2. The second-order valence-electron chi connectivity index (χ2n) is 7.82. The lowest BCUT2D eigenvalue weighted by atomic mass is 10.2. The summed E-state index contributed by atoms with van der Waals surface area (Å²) in [6, 6.07) is 7.11. The molecule has 204 valence electrons. The third-order valence-corrected chi connectivity index (χ3v) is 6.86. The van der Waals surface area contributed by atoms with Gasteiger partial charge in [-0.25, -0.2) is 15.0 Å². The minimum Gasteiger partial charge on any atom is -0.378 e. The fraction of sp³-hybridized carbons (Fsp3) is 0.375. The van der Waals surface area contributed by atoms with Gasteiger partial charge in [0.15, 0.2) is 5.78 Å². The summed E-state index contributed by atoms with van der Waals surface area (Å²) in [6.07, 6.45) is 0.250. The van der Waals surface area contributed by atoms with Crippen LogP contribution in [-0.2, 0) is 14.3 Å². The Hall–Kier alpha value is -2.35. The maximum atomic E-state index is 11.6. The Bertz CT molecular complexity index is 1180. The van der Waals surface area contributed by atoms with Gasteiger partial charge in [0.2, 0.25) is 6.41 Å². The highest BCUT2D eigenvalue weighted by molar-refractivity contribution is 9.09. The molecule has 0 aromatic carbocycles. The fourth-order valence-electron chi connectivity index (χ4n) is 3.56. The zero-order valence-electron chi connectivity index (χ0n) is 20.4. The van der Waals surface area contributed by atoms with Gasteiger partial charge in [-0.1, -0.05) is 39.1 Å². The summed E-state index contributed by atoms with van der Waals surface area (Å²) in [6.45, 7) is 6.07. The zero-order valence-corrected chi connectivity index (χ0v) is 24.3. The SMILES string of the molecule is Clc1cc(-c2cscn2)nc(N2CCOCC2)c1.NC=O.O=C(CBr)c1cc(Cl)cc(N2CCOCC2)n1. The number of thiazole rings is 1. The maximum Gasteiger partial charge on any atom is 0.204 e. The topological polar surface area (TPSA) is 124 Å². The zero-order chi connectivity index (χ0) is 27.3. The summed E-state index contributed by atoms with van der Waals surface area (Å²) in [5.74, 6) is 1.57. The second-order valence-corrected chi connectivity index (χ2v) is 9.98. The van der Waals surface area contributed by atoms with Gasteiger partial charge in [0.1, 0.15) is 17.3 Å². The van der Waals surface area contributed by atoms with E-state index in [4.69, 9.17) is 37.5 Å². The summed E-state index contributed by atoms with van der Waals surface area (Å²) in [4.78, 5) is 37.7. The monoisotopic (exact) mass is 644 g/mol. The van der Waals surface area contributed by atoms with E-state index in [1.807, 2.05) is 17.5 Å². The number of ether oxygens (including phenoxy) is 2. The van der Waals surface area contributed by atoms with E-state index in [2.05, 4.69) is 46.4 Å². The first-order chi connectivity index (χ1) is 18.4. The molecule has 0 aliphatic carbocycles. The molecule has 2 fully saturated rings. The predicted octanol–water partition coefficient (Wildman–Crippen LogP) is 3.95. The molecular formula is C24H27BrCl2N6O4S. The van der Waals surface area contributed by atoms with Crippen molar-refractivity contribution in [3.63, 3.8) is 0 Å². The number of anilines is 2. The fourth-order valence-corrected chi connectivity index (χ4v) is 4.79. The number of carbonyl (C=O) groups excluding carboxylic acids is 2. The van der Waals surface area contributed by atoms with E-state index >= 15 is 0 Å². The van der Waals surface area contributed by atoms with Gasteiger partial charge < -0.3 is 25.0 Å². The van der Waals surface area contributed by atoms with Crippen molar-refractivity contribution in [1.29, 1.82) is 0 Å². The second kappa shape index (κ2) is 15.9. The van der Waals surface area contributed by atoms with Crippen molar-refractivity contribution in [2.75, 3.05) is 67.7 Å². The lowest BCUT2D eigenvalue weighted by Gasteiger charge is -2.28. The molecule has 0 spiro atoms. The van der Waals surface area contributed by atoms with Gasteiger partial charge in [0, 0.05) is 41.6 Å². The molecule has 3 aromatic rings. The average Bonchev–Trinajstić information content (AvgIpc) is 3.49. The van der Waals surface area contributed by atoms with E-state index in [1.54, 1.807) is 29.0 Å². The van der Waals surface area contributed by atoms with Gasteiger partial charge in [-0.15, -0.1) is 11.3 Å². The summed E-state index contributed by atoms with van der Waals surface area (Å²) in [5.41, 5.74) is 8.06. The first-order valence-electron chi connectivity index (χ1n) is 11.6. The third kappa shape index (κ3) is 9.14. The molecule has 14 heteroatoms. The number of nitrogens with zero attached hydrogens (tertiary/aromatic N) is 5. The van der Waals surface area contributed by atoms with Crippen LogP contribution in [0.2, 0.25) is 10.0 Å². The Morgan fingerprint density at radius 2 is 1.47 bits per heavy atom. The number of pyridine rings is 2. The van der Waals surface area contributed by atoms with E-state index in [0.29, 0.717) is 29.0 Å². The minimum absolute atomic E-state index is 0.0676. The molecule has 2 N–H and O–H groups in total. The van der Waals surface area contributed by atoms with Crippen LogP contribution in [0, 0.1) is 0 Å². The number of primary amides is 1. The first-order valence-corrected chi connectivity index (χ1v) is 14.4. The summed E-state index contributed by atoms with van der Waals surface area (Å²) < 4.78 is 10.6. The number of ketones is 1. The Balaban J connectivity index is 0.000000191. The Labute approximate surface area is 243 Å². The molecule has 2 aliphatic rings. The number of nitrogens with two attached hydrogens (primary N) is 1. The highest BCUT2D eigenvalue weighted by Crippen LogP contribution is 2.26. The van der Waals surface area contributed by atoms with Crippen LogP contribution < -0.4 is 15.5 Å². The molecule has 2 aliphatic heterocycles. The van der Waals surface area contributed by atoms with E-state index in [1.165, 1.54) is 0 Å². The smallest absolute Gasteiger partial charge is 0.204 e. The van der Waals surface area contributed by atoms with Crippen LogP contribution in [0.4, 0.5) is 11.6 Å². The van der Waals surface area contributed by atoms with E-state index in [9.17, 15) is 4.79 Å². The van der Waals surface area contributed by atoms with Crippen molar-refractivity contribution >= 4 is 74.3 Å². The normalized spacial score (nSPS) is 15.0. The Morgan fingerprint density at radius 1 is 0.947 bits per heavy atom. The number of alkyl halides is 1. The van der Waals surface area contributed by atoms with Crippen LogP contribution in [0.25, 0.3) is 11.4 Å². The van der Waals surface area contributed by atoms with Crippen molar-refractivity contribution in [3.05, 3.63) is 50.9 Å². The Kier molecular flexibility index (Phi) is 12.6. The largest absolute Gasteiger partial charge is 0.378 e. The number of Topliss-reactive ketones (excluding diaryl/α,β-unsaturated/α-hetero) is 1. The maximum absolute atomic E-state index is 11.6. The standard InChI is InChI=1S/C12H12ClN3OS.C11H12BrClN2O2.CH3NO/c13-9-5-10(11-7-18-8-14-11)15-12(6-9)16-1-3-17-4-2-16;12-7-10(16)9-5-8(13)6-11(14-9)15-1-3-17-4-2-15;2-1-3/h5-8H,1-4H2;5-6H,1-4,7H2;1H,(H2,2,3). The van der Waals surface area contributed by atoms with Crippen molar-refractivity contribution in [3.8, 4) is 11.4 Å². The van der Waals surface area contributed by atoms with Gasteiger partial charge in [0.05, 0.1) is 48.7 Å². The van der Waals surface area contributed by atoms with Crippen molar-refractivity contribution in [2.24, 2.45) is 5.73 Å². The average molecular weight is 646 g/mol. The predicted molar refractivity (Wildman–Crippen MR) is 154 cm³/mol. The lowest BCUT2D eigenvalue weighted by Crippen LogP contribution is -2.37. The van der Waals surface area contributed by atoms with E-state index < -0.39 is 0 Å². The Morgan fingerprint density at radius 3 is 1.97 bits per heavy atom. The van der Waals surface area contributed by atoms with Crippen LogP contribution in [-0.4, -0.2) is 85.1 Å². The highest BCUT2D eigenvalue weighted by atomic mass is 79.9. The molecule has 5 heterocycles. The highest BCUT2D eigenvalue weighted by Gasteiger charge is 2.16. The van der Waals surface area contributed by atoms with Gasteiger partial charge >= 0.3 is 0 Å². The number of hydrogen-bond acceptors (Lipinski definition) is 10. The van der Waals surface area contributed by atoms with Crippen molar-refractivity contribution in [2.45, 2.75) is 0 Å². The van der Waals surface area contributed by atoms with E-state index in [0.717, 1.165) is 62.4 Å². The quantitative estimate of drug-likeness (QED) is 0.250. The molecule has 0 radical (unpaired) electrons.